The number of hydrogen-bond donors (Lipinski definition) is 3. The van der Waals surface area contributed by atoms with Crippen molar-refractivity contribution < 1.29 is 28.7 Å². The molecule has 1 aromatic carbocycles. The highest BCUT2D eigenvalue weighted by Crippen LogP contribution is 2.33. The Morgan fingerprint density at radius 3 is 2.53 bits per heavy atom. The van der Waals surface area contributed by atoms with E-state index < -0.39 is 29.7 Å². The van der Waals surface area contributed by atoms with E-state index in [9.17, 15) is 24.0 Å². The van der Waals surface area contributed by atoms with Gasteiger partial charge < -0.3 is 25.6 Å². The van der Waals surface area contributed by atoms with Crippen LogP contribution in [0.15, 0.2) is 36.5 Å². The standard InChI is InChI=1S/C35H44N8O6/c36-32(45)24-9-10-37-21-27(24)28-20-23(8-11-38-28)42-12-2-1-3-31(42)49-18-17-40-13-15-41(16-14-40)22-4-5-25-26(19-22)35(48)43(34(25)47)29-6-7-30(44)39-33(29)46/h4-5,8,11,19-20,24,27,29,31,37H,1-3,6-7,9-10,12-18,21H2,(H2,36,45)(H,39,44,46). The monoisotopic (exact) mass is 672 g/mol. The van der Waals surface area contributed by atoms with E-state index in [0.717, 1.165) is 93.5 Å². The van der Waals surface area contributed by atoms with Crippen LogP contribution in [0.3, 0.4) is 0 Å². The fourth-order valence-electron chi connectivity index (χ4n) is 7.90. The summed E-state index contributed by atoms with van der Waals surface area (Å²) >= 11 is 0. The summed E-state index contributed by atoms with van der Waals surface area (Å²) in [5.74, 6) is -2.52. The zero-order chi connectivity index (χ0) is 34.1. The van der Waals surface area contributed by atoms with Crippen molar-refractivity contribution in [3.8, 4) is 0 Å². The van der Waals surface area contributed by atoms with Gasteiger partial charge in [-0.05, 0) is 69.0 Å². The summed E-state index contributed by atoms with van der Waals surface area (Å²) in [4.78, 5) is 75.0. The number of anilines is 2. The van der Waals surface area contributed by atoms with Crippen molar-refractivity contribution >= 4 is 40.9 Å². The molecule has 4 N–H and O–H groups in total. The zero-order valence-electron chi connectivity index (χ0n) is 27.6. The number of hydrogen-bond acceptors (Lipinski definition) is 11. The molecule has 49 heavy (non-hydrogen) atoms. The van der Waals surface area contributed by atoms with Crippen molar-refractivity contribution in [3.05, 3.63) is 53.3 Å². The van der Waals surface area contributed by atoms with E-state index >= 15 is 0 Å². The number of nitrogens with zero attached hydrogens (tertiary/aromatic N) is 5. The first-order valence-corrected chi connectivity index (χ1v) is 17.5. The first kappa shape index (κ1) is 33.1. The number of piperidine rings is 3. The molecule has 4 saturated heterocycles. The van der Waals surface area contributed by atoms with E-state index in [1.165, 1.54) is 0 Å². The van der Waals surface area contributed by atoms with Crippen molar-refractivity contribution in [2.45, 2.75) is 56.7 Å². The van der Waals surface area contributed by atoms with Crippen LogP contribution in [0.1, 0.15) is 70.9 Å². The van der Waals surface area contributed by atoms with Crippen LogP contribution in [0.25, 0.3) is 0 Å². The molecule has 0 saturated carbocycles. The summed E-state index contributed by atoms with van der Waals surface area (Å²) in [6.45, 7) is 6.94. The molecular formula is C35H44N8O6. The van der Waals surface area contributed by atoms with Gasteiger partial charge in [0.25, 0.3) is 11.8 Å². The molecular weight excluding hydrogens is 628 g/mol. The highest BCUT2D eigenvalue weighted by molar-refractivity contribution is 6.23. The van der Waals surface area contributed by atoms with Crippen LogP contribution in [-0.4, -0.2) is 116 Å². The number of amides is 5. The smallest absolute Gasteiger partial charge is 0.262 e. The minimum absolute atomic E-state index is 0.0342. The Morgan fingerprint density at radius 2 is 1.73 bits per heavy atom. The second kappa shape index (κ2) is 14.2. The highest BCUT2D eigenvalue weighted by atomic mass is 16.5. The van der Waals surface area contributed by atoms with Gasteiger partial charge in [-0.3, -0.25) is 44.1 Å². The molecule has 4 unspecified atom stereocenters. The molecule has 260 valence electrons. The Labute approximate surface area is 285 Å². The van der Waals surface area contributed by atoms with Gasteiger partial charge in [0, 0.05) is 87.3 Å². The van der Waals surface area contributed by atoms with Gasteiger partial charge in [0.05, 0.1) is 17.7 Å². The summed E-state index contributed by atoms with van der Waals surface area (Å²) in [6, 6.07) is 8.43. The molecule has 0 aliphatic carbocycles. The lowest BCUT2D eigenvalue weighted by atomic mass is 9.83. The molecule has 5 aliphatic rings. The van der Waals surface area contributed by atoms with Crippen molar-refractivity contribution in [3.63, 3.8) is 0 Å². The lowest BCUT2D eigenvalue weighted by Gasteiger charge is -2.39. The summed E-state index contributed by atoms with van der Waals surface area (Å²) in [5.41, 5.74) is 9.14. The predicted molar refractivity (Wildman–Crippen MR) is 180 cm³/mol. The number of pyridine rings is 1. The summed E-state index contributed by atoms with van der Waals surface area (Å²) in [7, 11) is 0. The number of carbonyl (C=O) groups is 5. The van der Waals surface area contributed by atoms with Crippen molar-refractivity contribution in [1.82, 2.24) is 25.4 Å². The lowest BCUT2D eigenvalue weighted by Crippen LogP contribution is -2.54. The molecule has 14 heteroatoms. The third kappa shape index (κ3) is 6.77. The maximum Gasteiger partial charge on any atom is 0.262 e. The van der Waals surface area contributed by atoms with Crippen LogP contribution >= 0.6 is 0 Å². The number of carbonyl (C=O) groups excluding carboxylic acids is 5. The minimum Gasteiger partial charge on any atom is -0.369 e. The molecule has 7 rings (SSSR count). The molecule has 5 aliphatic heterocycles. The highest BCUT2D eigenvalue weighted by Gasteiger charge is 2.45. The van der Waals surface area contributed by atoms with Gasteiger partial charge in [-0.25, -0.2) is 0 Å². The van der Waals surface area contributed by atoms with Gasteiger partial charge in [0.1, 0.15) is 12.3 Å². The summed E-state index contributed by atoms with van der Waals surface area (Å²) in [5, 5.41) is 5.62. The van der Waals surface area contributed by atoms with E-state index in [0.29, 0.717) is 18.7 Å². The Kier molecular flexibility index (Phi) is 9.61. The zero-order valence-corrected chi connectivity index (χ0v) is 27.6. The Hall–Kier alpha value is -4.40. The number of ether oxygens (including phenoxy) is 1. The van der Waals surface area contributed by atoms with E-state index in [1.54, 1.807) is 12.1 Å². The van der Waals surface area contributed by atoms with E-state index in [4.69, 9.17) is 10.5 Å². The second-order valence-electron chi connectivity index (χ2n) is 13.6. The lowest BCUT2D eigenvalue weighted by molar-refractivity contribution is -0.136. The quantitative estimate of drug-likeness (QED) is 0.322. The third-order valence-corrected chi connectivity index (χ3v) is 10.6. The van der Waals surface area contributed by atoms with Gasteiger partial charge in [-0.15, -0.1) is 0 Å². The first-order valence-electron chi connectivity index (χ1n) is 17.5. The third-order valence-electron chi connectivity index (χ3n) is 10.6. The molecule has 0 radical (unpaired) electrons. The summed E-state index contributed by atoms with van der Waals surface area (Å²) < 4.78 is 6.50. The van der Waals surface area contributed by atoms with Crippen LogP contribution in [0, 0.1) is 5.92 Å². The van der Waals surface area contributed by atoms with Crippen LogP contribution in [0.2, 0.25) is 0 Å². The molecule has 4 fully saturated rings. The van der Waals surface area contributed by atoms with E-state index in [2.05, 4.69) is 36.4 Å². The maximum absolute atomic E-state index is 13.3. The van der Waals surface area contributed by atoms with E-state index in [1.807, 2.05) is 18.3 Å². The average molecular weight is 673 g/mol. The normalized spacial score (nSPS) is 26.6. The molecule has 6 heterocycles. The molecule has 1 aromatic heterocycles. The van der Waals surface area contributed by atoms with Gasteiger partial charge in [0.2, 0.25) is 17.7 Å². The van der Waals surface area contributed by atoms with Gasteiger partial charge in [-0.2, -0.15) is 0 Å². The number of imide groups is 2. The Morgan fingerprint density at radius 1 is 0.918 bits per heavy atom. The largest absolute Gasteiger partial charge is 0.369 e. The topological polar surface area (TPSA) is 171 Å². The number of rotatable bonds is 9. The van der Waals surface area contributed by atoms with Crippen molar-refractivity contribution in [1.29, 1.82) is 0 Å². The minimum atomic E-state index is -0.975. The number of nitrogens with one attached hydrogen (secondary N) is 2. The summed E-state index contributed by atoms with van der Waals surface area (Å²) in [6.07, 6.45) is 5.87. The fourth-order valence-corrected chi connectivity index (χ4v) is 7.90. The number of benzene rings is 1. The van der Waals surface area contributed by atoms with Crippen LogP contribution in [0.5, 0.6) is 0 Å². The van der Waals surface area contributed by atoms with Gasteiger partial charge >= 0.3 is 0 Å². The molecule has 5 amide bonds. The Balaban J connectivity index is 0.921. The van der Waals surface area contributed by atoms with E-state index in [-0.39, 0.29) is 42.4 Å². The SMILES string of the molecule is NC(=O)C1CCNCC1c1cc(N2CCCCC2OCCN2CCN(c3ccc4c(c3)C(=O)N(C3CCC(=O)NC3=O)C4=O)CC2)ccn1. The molecule has 0 bridgehead atoms. The van der Waals surface area contributed by atoms with Gasteiger partial charge in [0.15, 0.2) is 0 Å². The Bertz CT molecular complexity index is 1630. The van der Waals surface area contributed by atoms with Crippen LogP contribution in [0.4, 0.5) is 11.4 Å². The first-order chi connectivity index (χ1) is 23.8. The molecule has 2 aromatic rings. The van der Waals surface area contributed by atoms with Crippen molar-refractivity contribution in [2.75, 3.05) is 68.8 Å². The molecule has 4 atom stereocenters. The average Bonchev–Trinajstić information content (AvgIpc) is 3.37. The molecule has 0 spiro atoms. The number of fused-ring (bicyclic) bond motifs is 1. The number of aromatic nitrogens is 1. The second-order valence-corrected chi connectivity index (χ2v) is 13.6. The maximum atomic E-state index is 13.3. The van der Waals surface area contributed by atoms with Gasteiger partial charge in [-0.1, -0.05) is 0 Å². The predicted octanol–water partition coefficient (Wildman–Crippen LogP) is 0.816. The number of nitrogens with two attached hydrogens (primary N) is 1. The van der Waals surface area contributed by atoms with Crippen LogP contribution < -0.4 is 26.2 Å². The van der Waals surface area contributed by atoms with Crippen LogP contribution in [-0.2, 0) is 19.1 Å². The number of primary amides is 1. The van der Waals surface area contributed by atoms with Crippen molar-refractivity contribution in [2.24, 2.45) is 11.7 Å². The fraction of sp³-hybridized carbons (Fsp3) is 0.543. The number of piperazine rings is 1. The molecule has 14 nitrogen and oxygen atoms in total.